The summed E-state index contributed by atoms with van der Waals surface area (Å²) >= 11 is 0. The van der Waals surface area contributed by atoms with Gasteiger partial charge in [-0.25, -0.2) is 4.68 Å². The van der Waals surface area contributed by atoms with Crippen LogP contribution >= 0.6 is 0 Å². The Bertz CT molecular complexity index is 361. The Morgan fingerprint density at radius 3 is 2.59 bits per heavy atom. The van der Waals surface area contributed by atoms with E-state index in [1.165, 1.54) is 0 Å². The number of aliphatic hydroxyl groups excluding tert-OH is 1. The predicted molar refractivity (Wildman–Crippen MR) is 67.2 cm³/mol. The Labute approximate surface area is 103 Å². The van der Waals surface area contributed by atoms with Gasteiger partial charge in [-0.1, -0.05) is 13.8 Å². The molecule has 1 aromatic heterocycles. The maximum atomic E-state index is 10.1. The van der Waals surface area contributed by atoms with Crippen molar-refractivity contribution in [1.82, 2.24) is 15.1 Å². The van der Waals surface area contributed by atoms with Crippen LogP contribution < -0.4 is 10.1 Å². The van der Waals surface area contributed by atoms with Gasteiger partial charge >= 0.3 is 0 Å². The molecule has 1 unspecified atom stereocenters. The highest BCUT2D eigenvalue weighted by atomic mass is 16.5. The summed E-state index contributed by atoms with van der Waals surface area (Å²) in [6, 6.07) is 0. The van der Waals surface area contributed by atoms with Gasteiger partial charge in [-0.2, -0.15) is 5.10 Å². The lowest BCUT2D eigenvalue weighted by Gasteiger charge is -2.14. The zero-order valence-corrected chi connectivity index (χ0v) is 11.3. The molecule has 1 rings (SSSR count). The van der Waals surface area contributed by atoms with Crippen LogP contribution in [0.25, 0.3) is 0 Å². The van der Waals surface area contributed by atoms with Crippen LogP contribution in [0.15, 0.2) is 0 Å². The van der Waals surface area contributed by atoms with E-state index in [9.17, 15) is 5.11 Å². The van der Waals surface area contributed by atoms with Crippen LogP contribution in [-0.2, 0) is 7.05 Å². The Kier molecular flexibility index (Phi) is 4.96. The second-order valence-corrected chi connectivity index (χ2v) is 4.70. The molecule has 1 heterocycles. The molecule has 0 fully saturated rings. The number of hydrogen-bond acceptors (Lipinski definition) is 4. The minimum absolute atomic E-state index is 0.515. The summed E-state index contributed by atoms with van der Waals surface area (Å²) in [6.45, 7) is 7.55. The lowest BCUT2D eigenvalue weighted by Crippen LogP contribution is -2.25. The van der Waals surface area contributed by atoms with Crippen molar-refractivity contribution in [3.05, 3.63) is 11.3 Å². The second-order valence-electron chi connectivity index (χ2n) is 4.70. The number of nitrogens with zero attached hydrogens (tertiary/aromatic N) is 2. The first-order valence-corrected chi connectivity index (χ1v) is 5.93. The van der Waals surface area contributed by atoms with Crippen LogP contribution in [-0.4, -0.2) is 35.1 Å². The number of aromatic nitrogens is 2. The van der Waals surface area contributed by atoms with Crippen LogP contribution in [0.5, 0.6) is 5.88 Å². The maximum Gasteiger partial charge on any atom is 0.217 e. The number of methoxy groups -OCH3 is 1. The van der Waals surface area contributed by atoms with Gasteiger partial charge in [0, 0.05) is 13.6 Å². The van der Waals surface area contributed by atoms with Crippen molar-refractivity contribution in [1.29, 1.82) is 0 Å². The van der Waals surface area contributed by atoms with Gasteiger partial charge in [-0.3, -0.25) is 0 Å². The predicted octanol–water partition coefficient (Wildman–Crippen LogP) is 1.02. The summed E-state index contributed by atoms with van der Waals surface area (Å²) in [7, 11) is 3.40. The third-order valence-electron chi connectivity index (χ3n) is 2.63. The zero-order valence-electron chi connectivity index (χ0n) is 11.3. The normalized spacial score (nSPS) is 13.1. The smallest absolute Gasteiger partial charge is 0.217 e. The van der Waals surface area contributed by atoms with Crippen LogP contribution in [0.3, 0.4) is 0 Å². The van der Waals surface area contributed by atoms with E-state index in [-0.39, 0.29) is 0 Å². The standard InChI is InChI=1S/C12H23N3O2/c1-8(2)6-13-7-10(16)11-9(3)14-15(4)12(11)17-5/h8,10,13,16H,6-7H2,1-5H3. The fraction of sp³-hybridized carbons (Fsp3) is 0.750. The largest absolute Gasteiger partial charge is 0.481 e. The molecule has 0 aliphatic heterocycles. The van der Waals surface area contributed by atoms with Crippen molar-refractivity contribution in [3.63, 3.8) is 0 Å². The molecule has 0 aromatic carbocycles. The van der Waals surface area contributed by atoms with Crippen LogP contribution in [0.4, 0.5) is 0 Å². The zero-order chi connectivity index (χ0) is 13.0. The van der Waals surface area contributed by atoms with E-state index in [4.69, 9.17) is 4.74 Å². The maximum absolute atomic E-state index is 10.1. The average Bonchev–Trinajstić information content (AvgIpc) is 2.52. The van der Waals surface area contributed by atoms with Crippen LogP contribution in [0.1, 0.15) is 31.2 Å². The number of nitrogens with one attached hydrogen (secondary N) is 1. The number of hydrogen-bond donors (Lipinski definition) is 2. The van der Waals surface area contributed by atoms with Crippen molar-refractivity contribution >= 4 is 0 Å². The van der Waals surface area contributed by atoms with E-state index in [0.717, 1.165) is 17.8 Å². The van der Waals surface area contributed by atoms with E-state index in [2.05, 4.69) is 24.3 Å². The second kappa shape index (κ2) is 6.02. The molecule has 0 saturated heterocycles. The fourth-order valence-electron chi connectivity index (χ4n) is 1.89. The lowest BCUT2D eigenvalue weighted by atomic mass is 10.1. The van der Waals surface area contributed by atoms with Crippen molar-refractivity contribution in [2.45, 2.75) is 26.9 Å². The third-order valence-corrected chi connectivity index (χ3v) is 2.63. The molecule has 5 nitrogen and oxygen atoms in total. The van der Waals surface area contributed by atoms with Gasteiger partial charge < -0.3 is 15.2 Å². The first kappa shape index (κ1) is 14.0. The minimum Gasteiger partial charge on any atom is -0.481 e. The number of rotatable bonds is 6. The van der Waals surface area contributed by atoms with Crippen LogP contribution in [0, 0.1) is 12.8 Å². The molecule has 1 aromatic rings. The molecular weight excluding hydrogens is 218 g/mol. The molecule has 2 N–H and O–H groups in total. The summed E-state index contributed by atoms with van der Waals surface area (Å²) in [5.41, 5.74) is 1.58. The van der Waals surface area contributed by atoms with E-state index in [1.54, 1.807) is 11.8 Å². The molecule has 0 radical (unpaired) electrons. The molecule has 0 bridgehead atoms. The summed E-state index contributed by atoms with van der Waals surface area (Å²) in [6.07, 6.45) is -0.586. The third kappa shape index (κ3) is 3.44. The van der Waals surface area contributed by atoms with Gasteiger partial charge in [0.15, 0.2) is 0 Å². The van der Waals surface area contributed by atoms with E-state index in [0.29, 0.717) is 18.3 Å². The molecule has 0 amide bonds. The Balaban J connectivity index is 2.71. The topological polar surface area (TPSA) is 59.3 Å². The van der Waals surface area contributed by atoms with Crippen LogP contribution in [0.2, 0.25) is 0 Å². The molecule has 17 heavy (non-hydrogen) atoms. The summed E-state index contributed by atoms with van der Waals surface area (Å²) in [4.78, 5) is 0. The molecule has 1 atom stereocenters. The summed E-state index contributed by atoms with van der Waals surface area (Å²) in [5, 5.41) is 17.6. The molecule has 98 valence electrons. The van der Waals surface area contributed by atoms with Gasteiger partial charge in [0.25, 0.3) is 0 Å². The first-order valence-electron chi connectivity index (χ1n) is 5.93. The fourth-order valence-corrected chi connectivity index (χ4v) is 1.89. The van der Waals surface area contributed by atoms with Gasteiger partial charge in [-0.05, 0) is 19.4 Å². The van der Waals surface area contributed by atoms with Crippen molar-refractivity contribution in [3.8, 4) is 5.88 Å². The molecule has 0 aliphatic rings. The highest BCUT2D eigenvalue weighted by Gasteiger charge is 2.21. The Hall–Kier alpha value is -1.07. The monoisotopic (exact) mass is 241 g/mol. The minimum atomic E-state index is -0.586. The highest BCUT2D eigenvalue weighted by Crippen LogP contribution is 2.27. The molecule has 0 spiro atoms. The molecule has 5 heteroatoms. The van der Waals surface area contributed by atoms with Gasteiger partial charge in [0.1, 0.15) is 0 Å². The van der Waals surface area contributed by atoms with Crippen molar-refractivity contribution in [2.24, 2.45) is 13.0 Å². The average molecular weight is 241 g/mol. The van der Waals surface area contributed by atoms with E-state index in [1.807, 2.05) is 14.0 Å². The highest BCUT2D eigenvalue weighted by molar-refractivity contribution is 5.33. The molecule has 0 aliphatic carbocycles. The van der Waals surface area contributed by atoms with E-state index < -0.39 is 6.10 Å². The summed E-state index contributed by atoms with van der Waals surface area (Å²) in [5.74, 6) is 1.19. The van der Waals surface area contributed by atoms with Crippen molar-refractivity contribution in [2.75, 3.05) is 20.2 Å². The quantitative estimate of drug-likeness (QED) is 0.780. The van der Waals surface area contributed by atoms with Gasteiger partial charge in [0.2, 0.25) is 5.88 Å². The molecular formula is C12H23N3O2. The van der Waals surface area contributed by atoms with E-state index >= 15 is 0 Å². The molecule has 0 saturated carbocycles. The van der Waals surface area contributed by atoms with Gasteiger partial charge in [0.05, 0.1) is 24.5 Å². The van der Waals surface area contributed by atoms with Crippen molar-refractivity contribution < 1.29 is 9.84 Å². The number of ether oxygens (including phenoxy) is 1. The first-order chi connectivity index (χ1) is 7.97. The lowest BCUT2D eigenvalue weighted by molar-refractivity contribution is 0.168. The summed E-state index contributed by atoms with van der Waals surface area (Å²) < 4.78 is 6.91. The Morgan fingerprint density at radius 2 is 2.06 bits per heavy atom. The van der Waals surface area contributed by atoms with Gasteiger partial charge in [-0.15, -0.1) is 0 Å². The Morgan fingerprint density at radius 1 is 1.41 bits per heavy atom. The number of aliphatic hydroxyl groups is 1. The number of aryl methyl sites for hydroxylation is 2. The SMILES string of the molecule is COc1c(C(O)CNCC(C)C)c(C)nn1C.